The highest BCUT2D eigenvalue weighted by Crippen LogP contribution is 2.33. The minimum atomic E-state index is 0.313. The fraction of sp³-hybridized carbons (Fsp3) is 0.333. The van der Waals surface area contributed by atoms with E-state index in [1.165, 1.54) is 5.69 Å². The van der Waals surface area contributed by atoms with E-state index in [9.17, 15) is 0 Å². The van der Waals surface area contributed by atoms with Gasteiger partial charge in [-0.05, 0) is 43.2 Å². The number of oxazole rings is 1. The fourth-order valence-corrected chi connectivity index (χ4v) is 4.93. The maximum atomic E-state index is 6.27. The lowest BCUT2D eigenvalue weighted by molar-refractivity contribution is 0.122. The highest BCUT2D eigenvalue weighted by Gasteiger charge is 2.24. The summed E-state index contributed by atoms with van der Waals surface area (Å²) in [6.45, 7) is 5.30. The number of ether oxygens (including phenoxy) is 1. The number of piperidine rings is 1. The normalized spacial score (nSPS) is 18.9. The van der Waals surface area contributed by atoms with Crippen molar-refractivity contribution >= 4 is 28.3 Å². The zero-order valence-electron chi connectivity index (χ0n) is 19.2. The molecule has 1 atom stereocenters. The molecule has 2 aliphatic heterocycles. The van der Waals surface area contributed by atoms with Crippen LogP contribution < -0.4 is 15.1 Å². The molecule has 2 aromatic carbocycles. The number of aromatic nitrogens is 2. The number of rotatable bonds is 5. The van der Waals surface area contributed by atoms with Gasteiger partial charge in [-0.2, -0.15) is 0 Å². The molecule has 2 aromatic heterocycles. The Morgan fingerprint density at radius 1 is 0.912 bits per heavy atom. The topological polar surface area (TPSA) is 66.7 Å². The first-order valence-electron chi connectivity index (χ1n) is 12.1. The Kier molecular flexibility index (Phi) is 5.77. The lowest BCUT2D eigenvalue weighted by Gasteiger charge is -2.35. The maximum absolute atomic E-state index is 6.27. The average molecular weight is 456 g/mol. The molecule has 7 heteroatoms. The molecule has 0 aliphatic carbocycles. The molecule has 0 unspecified atom stereocenters. The van der Waals surface area contributed by atoms with Crippen molar-refractivity contribution in [1.29, 1.82) is 0 Å². The van der Waals surface area contributed by atoms with Crippen LogP contribution in [0.3, 0.4) is 0 Å². The van der Waals surface area contributed by atoms with Crippen molar-refractivity contribution in [3.05, 3.63) is 66.9 Å². The smallest absolute Gasteiger partial charge is 0.227 e. The molecule has 34 heavy (non-hydrogen) atoms. The van der Waals surface area contributed by atoms with Crippen LogP contribution in [-0.2, 0) is 4.74 Å². The van der Waals surface area contributed by atoms with Gasteiger partial charge in [-0.3, -0.25) is 0 Å². The van der Waals surface area contributed by atoms with Gasteiger partial charge in [0, 0.05) is 55.7 Å². The molecule has 0 spiro atoms. The molecule has 0 saturated carbocycles. The van der Waals surface area contributed by atoms with Gasteiger partial charge in [-0.15, -0.1) is 0 Å². The van der Waals surface area contributed by atoms with Crippen molar-refractivity contribution in [1.82, 2.24) is 9.97 Å². The van der Waals surface area contributed by atoms with Gasteiger partial charge in [0.05, 0.1) is 18.9 Å². The van der Waals surface area contributed by atoms with Gasteiger partial charge in [0.2, 0.25) is 5.89 Å². The predicted molar refractivity (Wildman–Crippen MR) is 136 cm³/mol. The van der Waals surface area contributed by atoms with Gasteiger partial charge >= 0.3 is 0 Å². The van der Waals surface area contributed by atoms with E-state index in [-0.39, 0.29) is 0 Å². The third-order valence-electron chi connectivity index (χ3n) is 6.65. The zero-order chi connectivity index (χ0) is 22.7. The second-order valence-electron chi connectivity index (χ2n) is 8.94. The van der Waals surface area contributed by atoms with Crippen LogP contribution in [0.15, 0.2) is 71.3 Å². The summed E-state index contributed by atoms with van der Waals surface area (Å²) in [5, 5.41) is 3.68. The number of para-hydroxylation sites is 1. The second-order valence-corrected chi connectivity index (χ2v) is 8.94. The van der Waals surface area contributed by atoms with Crippen molar-refractivity contribution in [2.45, 2.75) is 18.9 Å². The van der Waals surface area contributed by atoms with Crippen molar-refractivity contribution in [3.8, 4) is 11.5 Å². The van der Waals surface area contributed by atoms with Crippen LogP contribution in [0.5, 0.6) is 0 Å². The van der Waals surface area contributed by atoms with Crippen LogP contribution in [0.4, 0.5) is 17.2 Å². The van der Waals surface area contributed by atoms with E-state index in [0.29, 0.717) is 11.9 Å². The largest absolute Gasteiger partial charge is 0.434 e. The second kappa shape index (κ2) is 9.35. The molecule has 0 amide bonds. The minimum Gasteiger partial charge on any atom is -0.434 e. The standard InChI is InChI=1S/C27H29N5O2/c1-2-6-20(7-3-1)27-30-23-9-4-10-24(26(23)34-27)32-13-5-8-21(19-32)29-25-18-22(11-12-28-25)31-14-16-33-17-15-31/h1-4,6-7,9-12,18,21H,5,8,13-17,19H2,(H,28,29)/t21-/m1/s1. The number of fused-ring (bicyclic) bond motifs is 1. The SMILES string of the molecule is c1ccc(-c2nc3cccc(N4CCC[C@@H](Nc5cc(N6CCOCC6)ccn5)C4)c3o2)cc1. The van der Waals surface area contributed by atoms with E-state index < -0.39 is 0 Å². The number of morpholine rings is 1. The zero-order valence-corrected chi connectivity index (χ0v) is 19.2. The molecule has 2 saturated heterocycles. The number of benzene rings is 2. The fourth-order valence-electron chi connectivity index (χ4n) is 4.93. The van der Waals surface area contributed by atoms with Gasteiger partial charge < -0.3 is 24.3 Å². The van der Waals surface area contributed by atoms with Crippen LogP contribution >= 0.6 is 0 Å². The quantitative estimate of drug-likeness (QED) is 0.463. The van der Waals surface area contributed by atoms with Gasteiger partial charge in [-0.25, -0.2) is 9.97 Å². The van der Waals surface area contributed by atoms with Crippen molar-refractivity contribution in [2.75, 3.05) is 54.5 Å². The summed E-state index contributed by atoms with van der Waals surface area (Å²) in [7, 11) is 0. The van der Waals surface area contributed by atoms with Crippen LogP contribution in [-0.4, -0.2) is 55.4 Å². The van der Waals surface area contributed by atoms with Crippen molar-refractivity contribution in [2.24, 2.45) is 0 Å². The molecule has 7 nitrogen and oxygen atoms in total. The number of pyridine rings is 1. The molecule has 2 aliphatic rings. The first-order valence-corrected chi connectivity index (χ1v) is 12.1. The Morgan fingerprint density at radius 3 is 2.68 bits per heavy atom. The summed E-state index contributed by atoms with van der Waals surface area (Å²) < 4.78 is 11.8. The van der Waals surface area contributed by atoms with Gasteiger partial charge in [0.15, 0.2) is 5.58 Å². The molecule has 6 rings (SSSR count). The molecular weight excluding hydrogens is 426 g/mol. The molecule has 174 valence electrons. The van der Waals surface area contributed by atoms with E-state index in [1.54, 1.807) is 0 Å². The molecule has 1 N–H and O–H groups in total. The van der Waals surface area contributed by atoms with Crippen LogP contribution in [0.25, 0.3) is 22.6 Å². The Labute approximate surface area is 199 Å². The summed E-state index contributed by atoms with van der Waals surface area (Å²) >= 11 is 0. The van der Waals surface area contributed by atoms with E-state index in [4.69, 9.17) is 14.1 Å². The first-order chi connectivity index (χ1) is 16.8. The highest BCUT2D eigenvalue weighted by molar-refractivity contribution is 5.88. The molecule has 4 aromatic rings. The van der Waals surface area contributed by atoms with E-state index in [2.05, 4.69) is 44.4 Å². The maximum Gasteiger partial charge on any atom is 0.227 e. The number of hydrogen-bond donors (Lipinski definition) is 1. The molecular formula is C27H29N5O2. The summed E-state index contributed by atoms with van der Waals surface area (Å²) in [5.74, 6) is 1.60. The van der Waals surface area contributed by atoms with Crippen LogP contribution in [0.1, 0.15) is 12.8 Å². The molecule has 0 bridgehead atoms. The van der Waals surface area contributed by atoms with E-state index >= 15 is 0 Å². The molecule has 4 heterocycles. The van der Waals surface area contributed by atoms with Crippen LogP contribution in [0.2, 0.25) is 0 Å². The van der Waals surface area contributed by atoms with Crippen molar-refractivity contribution in [3.63, 3.8) is 0 Å². The average Bonchev–Trinajstić information content (AvgIpc) is 3.35. The summed E-state index contributed by atoms with van der Waals surface area (Å²) in [5.41, 5.74) is 5.05. The van der Waals surface area contributed by atoms with Gasteiger partial charge in [-0.1, -0.05) is 24.3 Å². The van der Waals surface area contributed by atoms with Gasteiger partial charge in [0.1, 0.15) is 11.3 Å². The monoisotopic (exact) mass is 455 g/mol. The number of anilines is 3. The number of nitrogens with one attached hydrogen (secondary N) is 1. The Bertz CT molecular complexity index is 1250. The molecule has 0 radical (unpaired) electrons. The predicted octanol–water partition coefficient (Wildman–Crippen LogP) is 4.81. The third-order valence-corrected chi connectivity index (χ3v) is 6.65. The lowest BCUT2D eigenvalue weighted by atomic mass is 10.0. The number of nitrogens with zero attached hydrogens (tertiary/aromatic N) is 4. The Balaban J connectivity index is 1.20. The molecule has 2 fully saturated rings. The van der Waals surface area contributed by atoms with Crippen LogP contribution in [0, 0.1) is 0 Å². The first kappa shape index (κ1) is 21.0. The highest BCUT2D eigenvalue weighted by atomic mass is 16.5. The Morgan fingerprint density at radius 2 is 1.79 bits per heavy atom. The van der Waals surface area contributed by atoms with E-state index in [0.717, 1.165) is 80.4 Å². The van der Waals surface area contributed by atoms with Gasteiger partial charge in [0.25, 0.3) is 0 Å². The van der Waals surface area contributed by atoms with E-state index in [1.807, 2.05) is 42.6 Å². The minimum absolute atomic E-state index is 0.313. The Hall–Kier alpha value is -3.58. The lowest BCUT2D eigenvalue weighted by Crippen LogP contribution is -2.42. The summed E-state index contributed by atoms with van der Waals surface area (Å²) in [4.78, 5) is 14.1. The summed E-state index contributed by atoms with van der Waals surface area (Å²) in [6.07, 6.45) is 4.12. The summed E-state index contributed by atoms with van der Waals surface area (Å²) in [6, 6.07) is 20.9. The van der Waals surface area contributed by atoms with Crippen molar-refractivity contribution < 1.29 is 9.15 Å². The third kappa shape index (κ3) is 4.31. The number of hydrogen-bond acceptors (Lipinski definition) is 7.